The Labute approximate surface area is 158 Å². The average Bonchev–Trinajstić information content (AvgIpc) is 2.61. The van der Waals surface area contributed by atoms with Gasteiger partial charge in [0.05, 0.1) is 9.82 Å². The Hall–Kier alpha value is -3.18. The van der Waals surface area contributed by atoms with Gasteiger partial charge in [-0.05, 0) is 36.4 Å². The fraction of sp³-hybridized carbons (Fsp3) is 0.0667. The summed E-state index contributed by atoms with van der Waals surface area (Å²) in [5, 5.41) is 15.6. The van der Waals surface area contributed by atoms with Gasteiger partial charge in [-0.2, -0.15) is 0 Å². The minimum Gasteiger partial charge on any atom is -0.341 e. The molecule has 0 radical (unpaired) electrons. The molecule has 0 aliphatic carbocycles. The van der Waals surface area contributed by atoms with Crippen molar-refractivity contribution in [3.8, 4) is 0 Å². The quantitative estimate of drug-likeness (QED) is 0.506. The average molecular weight is 413 g/mol. The Morgan fingerprint density at radius 2 is 1.74 bits per heavy atom. The van der Waals surface area contributed by atoms with E-state index in [0.717, 1.165) is 18.2 Å². The van der Waals surface area contributed by atoms with Crippen LogP contribution in [0.3, 0.4) is 0 Å². The third-order valence-corrected chi connectivity index (χ3v) is 4.94. The number of rotatable bonds is 5. The normalized spacial score (nSPS) is 10.7. The Balaban J connectivity index is 2.26. The van der Waals surface area contributed by atoms with Gasteiger partial charge in [0.1, 0.15) is 10.6 Å². The van der Waals surface area contributed by atoms with E-state index in [1.54, 1.807) is 4.72 Å². The molecule has 0 aliphatic rings. The van der Waals surface area contributed by atoms with Crippen LogP contribution >= 0.6 is 11.6 Å². The van der Waals surface area contributed by atoms with E-state index in [1.807, 2.05) is 0 Å². The van der Waals surface area contributed by atoms with Crippen LogP contribution in [0.5, 0.6) is 0 Å². The van der Waals surface area contributed by atoms with Crippen LogP contribution in [0.4, 0.5) is 16.2 Å². The number of urea groups is 1. The first-order valence-electron chi connectivity index (χ1n) is 7.24. The van der Waals surface area contributed by atoms with Gasteiger partial charge in [-0.3, -0.25) is 14.9 Å². The first-order valence-corrected chi connectivity index (χ1v) is 9.10. The van der Waals surface area contributed by atoms with Gasteiger partial charge in [-0.25, -0.2) is 17.9 Å². The van der Waals surface area contributed by atoms with Crippen LogP contribution in [0.2, 0.25) is 5.02 Å². The van der Waals surface area contributed by atoms with Crippen LogP contribution < -0.4 is 15.4 Å². The molecule has 0 unspecified atom stereocenters. The summed E-state index contributed by atoms with van der Waals surface area (Å²) >= 11 is 5.72. The molecule has 3 amide bonds. The number of nitro benzene ring substituents is 1. The Kier molecular flexibility index (Phi) is 5.98. The zero-order chi connectivity index (χ0) is 20.2. The number of amides is 3. The van der Waals surface area contributed by atoms with Crippen LogP contribution in [-0.2, 0) is 10.0 Å². The van der Waals surface area contributed by atoms with E-state index in [2.05, 4.69) is 10.6 Å². The highest BCUT2D eigenvalue weighted by Gasteiger charge is 2.27. The molecule has 27 heavy (non-hydrogen) atoms. The second-order valence-electron chi connectivity index (χ2n) is 5.06. The lowest BCUT2D eigenvalue weighted by molar-refractivity contribution is -0.385. The van der Waals surface area contributed by atoms with E-state index >= 15 is 0 Å². The van der Waals surface area contributed by atoms with Crippen LogP contribution in [0.1, 0.15) is 10.4 Å². The van der Waals surface area contributed by atoms with Crippen molar-refractivity contribution in [2.45, 2.75) is 4.90 Å². The summed E-state index contributed by atoms with van der Waals surface area (Å²) < 4.78 is 26.4. The van der Waals surface area contributed by atoms with Gasteiger partial charge in [-0.1, -0.05) is 17.7 Å². The van der Waals surface area contributed by atoms with Crippen LogP contribution in [0, 0.1) is 10.1 Å². The maximum atomic E-state index is 12.3. The first kappa shape index (κ1) is 20.1. The fourth-order valence-corrected chi connectivity index (χ4v) is 3.24. The smallest absolute Gasteiger partial charge is 0.318 e. The topological polar surface area (TPSA) is 148 Å². The molecule has 0 bridgehead atoms. The lowest BCUT2D eigenvalue weighted by Crippen LogP contribution is -2.31. The first-order chi connectivity index (χ1) is 12.7. The van der Waals surface area contributed by atoms with Crippen molar-refractivity contribution < 1.29 is 22.9 Å². The van der Waals surface area contributed by atoms with E-state index in [1.165, 1.54) is 31.3 Å². The Bertz CT molecular complexity index is 1010. The highest BCUT2D eigenvalue weighted by Crippen LogP contribution is 2.28. The Morgan fingerprint density at radius 1 is 1.11 bits per heavy atom. The molecule has 0 spiro atoms. The van der Waals surface area contributed by atoms with Gasteiger partial charge in [0.15, 0.2) is 0 Å². The van der Waals surface area contributed by atoms with E-state index in [-0.39, 0.29) is 9.92 Å². The molecule has 2 aromatic rings. The SMILES string of the molecule is CNC(=O)Nc1ccc(S(=O)(=O)NC(=O)c2cccc(Cl)c2[N+](=O)[O-])cc1. The number of nitrogens with one attached hydrogen (secondary N) is 3. The molecule has 0 saturated heterocycles. The van der Waals surface area contributed by atoms with Crippen LogP contribution in [0.15, 0.2) is 47.4 Å². The third kappa shape index (κ3) is 4.71. The second-order valence-corrected chi connectivity index (χ2v) is 7.15. The third-order valence-electron chi connectivity index (χ3n) is 3.29. The van der Waals surface area contributed by atoms with Crippen molar-refractivity contribution >= 4 is 44.9 Å². The highest BCUT2D eigenvalue weighted by atomic mass is 35.5. The van der Waals surface area contributed by atoms with Gasteiger partial charge in [0, 0.05) is 12.7 Å². The summed E-state index contributed by atoms with van der Waals surface area (Å²) in [4.78, 5) is 33.4. The van der Waals surface area contributed by atoms with Crippen molar-refractivity contribution in [1.29, 1.82) is 0 Å². The number of sulfonamides is 1. The second kappa shape index (κ2) is 8.01. The Morgan fingerprint density at radius 3 is 2.30 bits per heavy atom. The summed E-state index contributed by atoms with van der Waals surface area (Å²) in [6.45, 7) is 0. The number of carbonyl (C=O) groups is 2. The highest BCUT2D eigenvalue weighted by molar-refractivity contribution is 7.90. The largest absolute Gasteiger partial charge is 0.341 e. The minimum absolute atomic E-state index is 0.275. The number of hydrogen-bond donors (Lipinski definition) is 3. The number of halogens is 1. The zero-order valence-corrected chi connectivity index (χ0v) is 15.3. The summed E-state index contributed by atoms with van der Waals surface area (Å²) in [6, 6.07) is 8.05. The van der Waals surface area contributed by atoms with E-state index in [9.17, 15) is 28.1 Å². The molecule has 0 saturated carbocycles. The van der Waals surface area contributed by atoms with Crippen molar-refractivity contribution in [3.63, 3.8) is 0 Å². The van der Waals surface area contributed by atoms with Crippen molar-refractivity contribution in [2.24, 2.45) is 0 Å². The van der Waals surface area contributed by atoms with Gasteiger partial charge < -0.3 is 10.6 Å². The maximum Gasteiger partial charge on any atom is 0.318 e. The lowest BCUT2D eigenvalue weighted by Gasteiger charge is -2.09. The summed E-state index contributed by atoms with van der Waals surface area (Å²) in [5.74, 6) is -1.20. The zero-order valence-electron chi connectivity index (χ0n) is 13.7. The predicted octanol–water partition coefficient (Wildman–Crippen LogP) is 2.12. The molecule has 0 aromatic heterocycles. The van der Waals surface area contributed by atoms with Crippen molar-refractivity contribution in [2.75, 3.05) is 12.4 Å². The molecule has 0 atom stereocenters. The fourth-order valence-electron chi connectivity index (χ4n) is 2.03. The molecular weight excluding hydrogens is 400 g/mol. The number of hydrogen-bond acceptors (Lipinski definition) is 6. The summed E-state index contributed by atoms with van der Waals surface area (Å²) in [5.41, 5.74) is -0.865. The molecular formula is C15H13ClN4O6S. The number of nitro groups is 1. The molecule has 2 aromatic carbocycles. The van der Waals surface area contributed by atoms with E-state index in [0.29, 0.717) is 5.69 Å². The maximum absolute atomic E-state index is 12.3. The monoisotopic (exact) mass is 412 g/mol. The van der Waals surface area contributed by atoms with E-state index < -0.39 is 38.1 Å². The molecule has 12 heteroatoms. The molecule has 142 valence electrons. The predicted molar refractivity (Wildman–Crippen MR) is 97.3 cm³/mol. The number of benzene rings is 2. The van der Waals surface area contributed by atoms with Gasteiger partial charge in [-0.15, -0.1) is 0 Å². The molecule has 0 fully saturated rings. The van der Waals surface area contributed by atoms with Gasteiger partial charge in [0.25, 0.3) is 15.9 Å². The minimum atomic E-state index is -4.31. The standard InChI is InChI=1S/C15H13ClN4O6S/c1-17-15(22)18-9-5-7-10(8-6-9)27(25,26)19-14(21)11-3-2-4-12(16)13(11)20(23)24/h2-8H,1H3,(H,19,21)(H2,17,18,22). The molecule has 3 N–H and O–H groups in total. The molecule has 10 nitrogen and oxygen atoms in total. The van der Waals surface area contributed by atoms with Crippen molar-refractivity contribution in [1.82, 2.24) is 10.0 Å². The molecule has 2 rings (SSSR count). The van der Waals surface area contributed by atoms with Crippen LogP contribution in [0.25, 0.3) is 0 Å². The number of para-hydroxylation sites is 1. The van der Waals surface area contributed by atoms with Crippen molar-refractivity contribution in [3.05, 3.63) is 63.2 Å². The molecule has 0 heterocycles. The van der Waals surface area contributed by atoms with Gasteiger partial charge in [0.2, 0.25) is 0 Å². The van der Waals surface area contributed by atoms with Gasteiger partial charge >= 0.3 is 11.7 Å². The number of carbonyl (C=O) groups excluding carboxylic acids is 2. The number of nitrogens with zero attached hydrogens (tertiary/aromatic N) is 1. The summed E-state index contributed by atoms with van der Waals surface area (Å²) in [7, 11) is -2.89. The van der Waals surface area contributed by atoms with E-state index in [4.69, 9.17) is 11.6 Å². The number of anilines is 1. The van der Waals surface area contributed by atoms with Crippen LogP contribution in [-0.4, -0.2) is 32.3 Å². The summed E-state index contributed by atoms with van der Waals surface area (Å²) in [6.07, 6.45) is 0. The lowest BCUT2D eigenvalue weighted by atomic mass is 10.2. The molecule has 0 aliphatic heterocycles.